The van der Waals surface area contributed by atoms with Crippen molar-refractivity contribution in [2.45, 2.75) is 44.1 Å². The third-order valence-corrected chi connectivity index (χ3v) is 7.45. The Bertz CT molecular complexity index is 1040. The van der Waals surface area contributed by atoms with E-state index in [-0.39, 0.29) is 5.56 Å². The summed E-state index contributed by atoms with van der Waals surface area (Å²) in [5, 5.41) is 5.18. The number of aromatic nitrogens is 4. The Labute approximate surface area is 164 Å². The number of fused-ring (bicyclic) bond motifs is 1. The molecule has 3 aliphatic carbocycles. The summed E-state index contributed by atoms with van der Waals surface area (Å²) < 4.78 is 2.03. The van der Waals surface area contributed by atoms with Crippen molar-refractivity contribution in [2.24, 2.45) is 17.8 Å². The Morgan fingerprint density at radius 2 is 1.96 bits per heavy atom. The summed E-state index contributed by atoms with van der Waals surface area (Å²) in [6.45, 7) is 2.06. The largest absolute Gasteiger partial charge is 0.310 e. The molecule has 28 heavy (non-hydrogen) atoms. The number of hydrogen-bond donors (Lipinski definition) is 1. The third-order valence-electron chi connectivity index (χ3n) is 7.45. The van der Waals surface area contributed by atoms with Crippen LogP contribution in [-0.4, -0.2) is 44.8 Å². The zero-order valence-electron chi connectivity index (χ0n) is 16.3. The van der Waals surface area contributed by atoms with Crippen LogP contribution in [0.2, 0.25) is 0 Å². The highest BCUT2D eigenvalue weighted by Gasteiger charge is 2.50. The number of likely N-dealkylation sites (tertiary alicyclic amines) is 1. The fourth-order valence-corrected chi connectivity index (χ4v) is 5.83. The van der Waals surface area contributed by atoms with Crippen LogP contribution in [0.4, 0.5) is 0 Å². The van der Waals surface area contributed by atoms with E-state index < -0.39 is 0 Å². The van der Waals surface area contributed by atoms with Gasteiger partial charge in [0.15, 0.2) is 5.65 Å². The maximum absolute atomic E-state index is 12.8. The molecular weight excluding hydrogens is 350 g/mol. The summed E-state index contributed by atoms with van der Waals surface area (Å²) in [6.07, 6.45) is 14.4. The molecule has 1 N–H and O–H groups in total. The molecule has 1 saturated heterocycles. The average Bonchev–Trinajstić information content (AvgIpc) is 3.05. The molecule has 2 aromatic rings. The molecule has 1 aliphatic heterocycles. The highest BCUT2D eigenvalue weighted by atomic mass is 16.1. The van der Waals surface area contributed by atoms with Crippen LogP contribution in [0.15, 0.2) is 34.8 Å². The Kier molecular flexibility index (Phi) is 3.67. The molecule has 0 amide bonds. The highest BCUT2D eigenvalue weighted by molar-refractivity contribution is 5.73. The fourth-order valence-electron chi connectivity index (χ4n) is 5.83. The van der Waals surface area contributed by atoms with Gasteiger partial charge in [-0.1, -0.05) is 31.1 Å². The van der Waals surface area contributed by atoms with Crippen LogP contribution in [0, 0.1) is 17.8 Å². The predicted molar refractivity (Wildman–Crippen MR) is 108 cm³/mol. The van der Waals surface area contributed by atoms with Gasteiger partial charge in [-0.25, -0.2) is 9.67 Å². The zero-order chi connectivity index (χ0) is 18.8. The highest BCUT2D eigenvalue weighted by Crippen LogP contribution is 2.55. The third kappa shape index (κ3) is 2.54. The first-order valence-corrected chi connectivity index (χ1v) is 10.7. The lowest BCUT2D eigenvalue weighted by molar-refractivity contribution is 0.375. The van der Waals surface area contributed by atoms with Crippen molar-refractivity contribution in [3.8, 4) is 0 Å². The van der Waals surface area contributed by atoms with Gasteiger partial charge in [0.1, 0.15) is 11.2 Å². The van der Waals surface area contributed by atoms with E-state index in [1.807, 2.05) is 4.68 Å². The van der Waals surface area contributed by atoms with Crippen molar-refractivity contribution in [3.05, 3.63) is 46.2 Å². The molecule has 6 nitrogen and oxygen atoms in total. The monoisotopic (exact) mass is 377 g/mol. The van der Waals surface area contributed by atoms with Crippen molar-refractivity contribution >= 4 is 11.0 Å². The van der Waals surface area contributed by atoms with Gasteiger partial charge < -0.3 is 9.88 Å². The minimum Gasteiger partial charge on any atom is -0.310 e. The smallest absolute Gasteiger partial charge is 0.262 e. The van der Waals surface area contributed by atoms with E-state index in [1.165, 1.54) is 24.8 Å². The van der Waals surface area contributed by atoms with Gasteiger partial charge in [0.2, 0.25) is 0 Å². The SMILES string of the molecule is CN1C[C@@H](c2nc3c(cnn3C3CCCC3)c(=O)[nH]2)[C@H](C2CC2C2=CC=C2)C1. The van der Waals surface area contributed by atoms with E-state index in [0.717, 1.165) is 37.4 Å². The molecule has 0 radical (unpaired) electrons. The summed E-state index contributed by atoms with van der Waals surface area (Å²) >= 11 is 0. The number of allylic oxidation sites excluding steroid dienone is 4. The van der Waals surface area contributed by atoms with Gasteiger partial charge in [-0.15, -0.1) is 0 Å². The molecule has 0 spiro atoms. The second-order valence-corrected chi connectivity index (χ2v) is 9.24. The van der Waals surface area contributed by atoms with Crippen LogP contribution in [0.5, 0.6) is 0 Å². The Morgan fingerprint density at radius 1 is 1.14 bits per heavy atom. The van der Waals surface area contributed by atoms with Crippen molar-refractivity contribution in [1.29, 1.82) is 0 Å². The van der Waals surface area contributed by atoms with E-state index in [4.69, 9.17) is 4.98 Å². The van der Waals surface area contributed by atoms with E-state index in [2.05, 4.69) is 40.3 Å². The topological polar surface area (TPSA) is 66.8 Å². The first kappa shape index (κ1) is 16.7. The normalized spacial score (nSPS) is 32.8. The van der Waals surface area contributed by atoms with Crippen LogP contribution in [0.1, 0.15) is 49.9 Å². The Morgan fingerprint density at radius 3 is 2.71 bits per heavy atom. The quantitative estimate of drug-likeness (QED) is 0.889. The van der Waals surface area contributed by atoms with Gasteiger partial charge in [-0.05, 0) is 49.6 Å². The van der Waals surface area contributed by atoms with Crippen LogP contribution in [-0.2, 0) is 0 Å². The lowest BCUT2D eigenvalue weighted by Gasteiger charge is -2.19. The molecule has 6 rings (SSSR count). The van der Waals surface area contributed by atoms with Crippen LogP contribution in [0.3, 0.4) is 0 Å². The van der Waals surface area contributed by atoms with Gasteiger partial charge in [0, 0.05) is 19.0 Å². The molecule has 2 saturated carbocycles. The summed E-state index contributed by atoms with van der Waals surface area (Å²) in [5.41, 5.74) is 2.26. The van der Waals surface area contributed by atoms with E-state index in [0.29, 0.717) is 35.1 Å². The molecular formula is C22H27N5O. The molecule has 2 aromatic heterocycles. The molecule has 6 heteroatoms. The first-order valence-electron chi connectivity index (χ1n) is 10.7. The molecule has 4 aliphatic rings. The van der Waals surface area contributed by atoms with Gasteiger partial charge >= 0.3 is 0 Å². The number of rotatable bonds is 4. The van der Waals surface area contributed by atoms with Crippen LogP contribution >= 0.6 is 0 Å². The summed E-state index contributed by atoms with van der Waals surface area (Å²) in [7, 11) is 2.19. The number of aromatic amines is 1. The maximum Gasteiger partial charge on any atom is 0.262 e. The van der Waals surface area contributed by atoms with Gasteiger partial charge in [0.25, 0.3) is 5.56 Å². The molecule has 0 bridgehead atoms. The van der Waals surface area contributed by atoms with E-state index in [1.54, 1.807) is 6.20 Å². The summed E-state index contributed by atoms with van der Waals surface area (Å²) in [5.74, 6) is 3.16. The molecule has 4 atom stereocenters. The van der Waals surface area contributed by atoms with Crippen LogP contribution < -0.4 is 5.56 Å². The van der Waals surface area contributed by atoms with E-state index in [9.17, 15) is 4.79 Å². The molecule has 3 fully saturated rings. The van der Waals surface area contributed by atoms with Crippen molar-refractivity contribution < 1.29 is 0 Å². The van der Waals surface area contributed by atoms with Crippen molar-refractivity contribution in [1.82, 2.24) is 24.6 Å². The fraction of sp³-hybridized carbons (Fsp3) is 0.591. The predicted octanol–water partition coefficient (Wildman–Crippen LogP) is 3.01. The number of likely N-dealkylation sites (N-methyl/N-ethyl adjacent to an activating group) is 1. The lowest BCUT2D eigenvalue weighted by atomic mass is 9.87. The zero-order valence-corrected chi connectivity index (χ0v) is 16.3. The van der Waals surface area contributed by atoms with Crippen LogP contribution in [0.25, 0.3) is 11.0 Å². The lowest BCUT2D eigenvalue weighted by Crippen LogP contribution is -2.22. The summed E-state index contributed by atoms with van der Waals surface area (Å²) in [4.78, 5) is 23.3. The summed E-state index contributed by atoms with van der Waals surface area (Å²) in [6, 6.07) is 0.395. The average molecular weight is 377 g/mol. The van der Waals surface area contributed by atoms with Crippen molar-refractivity contribution in [2.75, 3.05) is 20.1 Å². The molecule has 3 heterocycles. The number of H-pyrrole nitrogens is 1. The number of nitrogens with zero attached hydrogens (tertiary/aromatic N) is 4. The second kappa shape index (κ2) is 6.14. The van der Waals surface area contributed by atoms with Crippen molar-refractivity contribution in [3.63, 3.8) is 0 Å². The minimum absolute atomic E-state index is 0.0328. The Hall–Kier alpha value is -2.21. The van der Waals surface area contributed by atoms with Gasteiger partial charge in [0.05, 0.1) is 12.2 Å². The molecule has 0 aromatic carbocycles. The first-order chi connectivity index (χ1) is 13.7. The second-order valence-electron chi connectivity index (χ2n) is 9.24. The van der Waals surface area contributed by atoms with Gasteiger partial charge in [-0.3, -0.25) is 4.79 Å². The standard InChI is InChI=1S/C22H27N5O/c1-26-11-18(16-9-15(16)13-5-4-6-13)19(12-26)20-24-21-17(22(28)25-20)10-23-27(21)14-7-2-3-8-14/h4-6,10,14-16,18-19H,2-3,7-9,11-12H2,1H3,(H,24,25,28)/t15?,16?,18-,19+/m0/s1. The maximum atomic E-state index is 12.8. The minimum atomic E-state index is -0.0328. The van der Waals surface area contributed by atoms with E-state index >= 15 is 0 Å². The molecule has 2 unspecified atom stereocenters. The number of nitrogens with one attached hydrogen (secondary N) is 1. The molecule has 146 valence electrons. The van der Waals surface area contributed by atoms with Gasteiger partial charge in [-0.2, -0.15) is 5.10 Å². The number of hydrogen-bond acceptors (Lipinski definition) is 4. The Balaban J connectivity index is 1.36.